The summed E-state index contributed by atoms with van der Waals surface area (Å²) in [5.74, 6) is 0.108. The maximum absolute atomic E-state index is 14.1. The molecule has 6 heteroatoms. The van der Waals surface area contributed by atoms with Crippen molar-refractivity contribution in [1.29, 1.82) is 0 Å². The van der Waals surface area contributed by atoms with Gasteiger partial charge in [0.15, 0.2) is 0 Å². The molecule has 4 nitrogen and oxygen atoms in total. The molecule has 0 aliphatic rings. The van der Waals surface area contributed by atoms with Gasteiger partial charge < -0.3 is 10.1 Å². The molecule has 1 heterocycles. The Kier molecular flexibility index (Phi) is 5.86. The van der Waals surface area contributed by atoms with Crippen LogP contribution in [-0.2, 0) is 12.0 Å². The van der Waals surface area contributed by atoms with Gasteiger partial charge in [0.2, 0.25) is 0 Å². The summed E-state index contributed by atoms with van der Waals surface area (Å²) in [4.78, 5) is 16.7. The molecular formula is C21H21FN2O2S. The van der Waals surface area contributed by atoms with Crippen molar-refractivity contribution in [2.75, 3.05) is 6.54 Å². The number of hydrogen-bond donors (Lipinski definition) is 1. The van der Waals surface area contributed by atoms with Crippen molar-refractivity contribution in [3.8, 4) is 5.75 Å². The standard InChI is InChI=1S/C21H21FN2O2S/c1-21(2,18-8-3-4-9-19(18)22)13-23-20(25)15-6-5-7-17(10-15)26-11-16-12-27-14-24-16/h3-10,12,14H,11,13H2,1-2H3,(H,23,25). The molecule has 1 N–H and O–H groups in total. The third-order valence-corrected chi connectivity index (χ3v) is 4.90. The zero-order chi connectivity index (χ0) is 19.3. The minimum Gasteiger partial charge on any atom is -0.487 e. The number of nitrogens with one attached hydrogen (secondary N) is 1. The lowest BCUT2D eigenvalue weighted by molar-refractivity contribution is 0.0945. The van der Waals surface area contributed by atoms with E-state index < -0.39 is 5.41 Å². The van der Waals surface area contributed by atoms with Crippen molar-refractivity contribution in [2.45, 2.75) is 25.9 Å². The monoisotopic (exact) mass is 384 g/mol. The van der Waals surface area contributed by atoms with Crippen molar-refractivity contribution in [3.05, 3.63) is 82.1 Å². The van der Waals surface area contributed by atoms with Crippen LogP contribution < -0.4 is 10.1 Å². The molecule has 0 spiro atoms. The normalized spacial score (nSPS) is 11.2. The molecule has 3 rings (SSSR count). The van der Waals surface area contributed by atoms with Gasteiger partial charge in [0.25, 0.3) is 5.91 Å². The van der Waals surface area contributed by atoms with Gasteiger partial charge in [-0.1, -0.05) is 38.1 Å². The van der Waals surface area contributed by atoms with Crippen LogP contribution >= 0.6 is 11.3 Å². The van der Waals surface area contributed by atoms with Gasteiger partial charge in [-0.3, -0.25) is 4.79 Å². The lowest BCUT2D eigenvalue weighted by atomic mass is 9.84. The van der Waals surface area contributed by atoms with E-state index in [4.69, 9.17) is 4.74 Å². The van der Waals surface area contributed by atoms with Crippen LogP contribution in [-0.4, -0.2) is 17.4 Å². The Morgan fingerprint density at radius 2 is 2.04 bits per heavy atom. The highest BCUT2D eigenvalue weighted by Gasteiger charge is 2.24. The Labute approximate surface area is 162 Å². The number of carbonyl (C=O) groups excluding carboxylic acids is 1. The Bertz CT molecular complexity index is 910. The predicted octanol–water partition coefficient (Wildman–Crippen LogP) is 4.57. The molecule has 140 valence electrons. The summed E-state index contributed by atoms with van der Waals surface area (Å²) in [6.07, 6.45) is 0. The van der Waals surface area contributed by atoms with Crippen LogP contribution in [0.15, 0.2) is 59.4 Å². The fourth-order valence-corrected chi connectivity index (χ4v) is 3.24. The fraction of sp³-hybridized carbons (Fsp3) is 0.238. The number of amides is 1. The van der Waals surface area contributed by atoms with Crippen LogP contribution in [0.1, 0.15) is 35.5 Å². The molecule has 27 heavy (non-hydrogen) atoms. The van der Waals surface area contributed by atoms with E-state index in [1.54, 1.807) is 48.0 Å². The average molecular weight is 384 g/mol. The minimum absolute atomic E-state index is 0.224. The lowest BCUT2D eigenvalue weighted by Crippen LogP contribution is -2.37. The Balaban J connectivity index is 1.62. The number of thiazole rings is 1. The average Bonchev–Trinajstić information content (AvgIpc) is 3.18. The first-order valence-corrected chi connectivity index (χ1v) is 9.53. The number of ether oxygens (including phenoxy) is 1. The van der Waals surface area contributed by atoms with Crippen molar-refractivity contribution >= 4 is 17.2 Å². The summed E-state index contributed by atoms with van der Waals surface area (Å²) < 4.78 is 19.7. The van der Waals surface area contributed by atoms with Gasteiger partial charge in [-0.2, -0.15) is 0 Å². The highest BCUT2D eigenvalue weighted by atomic mass is 32.1. The highest BCUT2D eigenvalue weighted by Crippen LogP contribution is 2.25. The SMILES string of the molecule is CC(C)(CNC(=O)c1cccc(OCc2cscn2)c1)c1ccccc1F. The minimum atomic E-state index is -0.528. The van der Waals surface area contributed by atoms with E-state index >= 15 is 0 Å². The lowest BCUT2D eigenvalue weighted by Gasteiger charge is -2.26. The molecule has 0 aliphatic heterocycles. The van der Waals surface area contributed by atoms with Crippen LogP contribution in [0.5, 0.6) is 5.75 Å². The maximum Gasteiger partial charge on any atom is 0.251 e. The van der Waals surface area contributed by atoms with Gasteiger partial charge in [-0.15, -0.1) is 11.3 Å². The number of benzene rings is 2. The summed E-state index contributed by atoms with van der Waals surface area (Å²) in [6.45, 7) is 4.48. The van der Waals surface area contributed by atoms with E-state index in [9.17, 15) is 9.18 Å². The van der Waals surface area contributed by atoms with Gasteiger partial charge in [0.05, 0.1) is 11.2 Å². The highest BCUT2D eigenvalue weighted by molar-refractivity contribution is 7.07. The van der Waals surface area contributed by atoms with Gasteiger partial charge >= 0.3 is 0 Å². The molecule has 0 fully saturated rings. The third kappa shape index (κ3) is 4.92. The zero-order valence-electron chi connectivity index (χ0n) is 15.2. The van der Waals surface area contributed by atoms with Crippen LogP contribution in [0.2, 0.25) is 0 Å². The first-order chi connectivity index (χ1) is 13.0. The first-order valence-electron chi connectivity index (χ1n) is 8.59. The Morgan fingerprint density at radius 3 is 2.78 bits per heavy atom. The maximum atomic E-state index is 14.1. The van der Waals surface area contributed by atoms with Crippen molar-refractivity contribution < 1.29 is 13.9 Å². The van der Waals surface area contributed by atoms with E-state index in [2.05, 4.69) is 10.3 Å². The molecular weight excluding hydrogens is 363 g/mol. The van der Waals surface area contributed by atoms with E-state index in [1.807, 2.05) is 19.2 Å². The number of rotatable bonds is 7. The Morgan fingerprint density at radius 1 is 1.22 bits per heavy atom. The zero-order valence-corrected chi connectivity index (χ0v) is 16.1. The number of nitrogens with zero attached hydrogens (tertiary/aromatic N) is 1. The largest absolute Gasteiger partial charge is 0.487 e. The summed E-state index contributed by atoms with van der Waals surface area (Å²) >= 11 is 1.51. The van der Waals surface area contributed by atoms with E-state index in [0.717, 1.165) is 5.69 Å². The number of hydrogen-bond acceptors (Lipinski definition) is 4. The van der Waals surface area contributed by atoms with Crippen LogP contribution in [0.4, 0.5) is 4.39 Å². The summed E-state index contributed by atoms with van der Waals surface area (Å²) in [7, 11) is 0. The molecule has 3 aromatic rings. The predicted molar refractivity (Wildman–Crippen MR) is 105 cm³/mol. The van der Waals surface area contributed by atoms with Crippen LogP contribution in [0.3, 0.4) is 0 Å². The van der Waals surface area contributed by atoms with E-state index in [0.29, 0.717) is 30.0 Å². The smallest absolute Gasteiger partial charge is 0.251 e. The van der Waals surface area contributed by atoms with Gasteiger partial charge in [-0.05, 0) is 29.8 Å². The molecule has 0 saturated carbocycles. The molecule has 1 aromatic heterocycles. The summed E-state index contributed by atoms with van der Waals surface area (Å²) in [5.41, 5.74) is 3.14. The second-order valence-electron chi connectivity index (χ2n) is 6.84. The molecule has 0 radical (unpaired) electrons. The van der Waals surface area contributed by atoms with Crippen LogP contribution in [0.25, 0.3) is 0 Å². The molecule has 0 atom stereocenters. The quantitative estimate of drug-likeness (QED) is 0.649. The molecule has 0 aliphatic carbocycles. The van der Waals surface area contributed by atoms with Crippen molar-refractivity contribution in [2.24, 2.45) is 0 Å². The second-order valence-corrected chi connectivity index (χ2v) is 7.56. The second kappa shape index (κ2) is 8.31. The summed E-state index contributed by atoms with van der Waals surface area (Å²) in [5, 5.41) is 4.81. The first kappa shape index (κ1) is 19.0. The van der Waals surface area contributed by atoms with Crippen molar-refractivity contribution in [3.63, 3.8) is 0 Å². The fourth-order valence-electron chi connectivity index (χ4n) is 2.70. The van der Waals surface area contributed by atoms with Gasteiger partial charge in [0, 0.05) is 22.9 Å². The Hall–Kier alpha value is -2.73. The van der Waals surface area contributed by atoms with Gasteiger partial charge in [0.1, 0.15) is 18.2 Å². The van der Waals surface area contributed by atoms with Crippen molar-refractivity contribution in [1.82, 2.24) is 10.3 Å². The molecule has 0 saturated heterocycles. The number of carbonyl (C=O) groups is 1. The van der Waals surface area contributed by atoms with E-state index in [1.165, 1.54) is 17.4 Å². The molecule has 0 unspecified atom stereocenters. The van der Waals surface area contributed by atoms with E-state index in [-0.39, 0.29) is 11.7 Å². The number of aromatic nitrogens is 1. The topological polar surface area (TPSA) is 51.2 Å². The molecule has 1 amide bonds. The molecule has 0 bridgehead atoms. The third-order valence-electron chi connectivity index (χ3n) is 4.26. The summed E-state index contributed by atoms with van der Waals surface area (Å²) in [6, 6.07) is 13.6. The van der Waals surface area contributed by atoms with Crippen LogP contribution in [0, 0.1) is 5.82 Å². The number of halogens is 1. The molecule has 2 aromatic carbocycles. The van der Waals surface area contributed by atoms with Gasteiger partial charge in [-0.25, -0.2) is 9.37 Å².